The van der Waals surface area contributed by atoms with E-state index < -0.39 is 0 Å². The van der Waals surface area contributed by atoms with Gasteiger partial charge in [0.1, 0.15) is 12.6 Å². The SMILES string of the molecule is O=C1C2CCCN2C(=O)CN1c1ccc2ccccc2c1. The van der Waals surface area contributed by atoms with E-state index in [0.29, 0.717) is 0 Å². The van der Waals surface area contributed by atoms with Crippen molar-refractivity contribution in [2.45, 2.75) is 18.9 Å². The van der Waals surface area contributed by atoms with Gasteiger partial charge in [-0.15, -0.1) is 0 Å². The van der Waals surface area contributed by atoms with Crippen molar-refractivity contribution in [3.8, 4) is 0 Å². The fraction of sp³-hybridized carbons (Fsp3) is 0.294. The van der Waals surface area contributed by atoms with Crippen molar-refractivity contribution in [1.82, 2.24) is 4.90 Å². The summed E-state index contributed by atoms with van der Waals surface area (Å²) in [6.07, 6.45) is 1.71. The third-order valence-electron chi connectivity index (χ3n) is 4.46. The van der Waals surface area contributed by atoms with E-state index >= 15 is 0 Å². The summed E-state index contributed by atoms with van der Waals surface area (Å²) in [7, 11) is 0. The van der Waals surface area contributed by atoms with E-state index in [4.69, 9.17) is 0 Å². The number of carbonyl (C=O) groups excluding carboxylic acids is 2. The third kappa shape index (κ3) is 1.90. The predicted octanol–water partition coefficient (Wildman–Crippen LogP) is 2.18. The Balaban J connectivity index is 1.73. The van der Waals surface area contributed by atoms with Crippen molar-refractivity contribution in [2.75, 3.05) is 18.0 Å². The van der Waals surface area contributed by atoms with Gasteiger partial charge in [0.25, 0.3) is 0 Å². The molecule has 0 aromatic heterocycles. The second kappa shape index (κ2) is 4.58. The van der Waals surface area contributed by atoms with Gasteiger partial charge in [-0.2, -0.15) is 0 Å². The van der Waals surface area contributed by atoms with Crippen LogP contribution < -0.4 is 4.90 Å². The van der Waals surface area contributed by atoms with Gasteiger partial charge < -0.3 is 9.80 Å². The molecular formula is C17H16N2O2. The van der Waals surface area contributed by atoms with Crippen LogP contribution in [0, 0.1) is 0 Å². The van der Waals surface area contributed by atoms with Crippen LogP contribution in [0.15, 0.2) is 42.5 Å². The summed E-state index contributed by atoms with van der Waals surface area (Å²) < 4.78 is 0. The predicted molar refractivity (Wildman–Crippen MR) is 81.0 cm³/mol. The summed E-state index contributed by atoms with van der Waals surface area (Å²) in [5.74, 6) is 0.118. The van der Waals surface area contributed by atoms with E-state index in [1.54, 1.807) is 9.80 Å². The highest BCUT2D eigenvalue weighted by Gasteiger charge is 2.42. The minimum absolute atomic E-state index is 0.0578. The zero-order chi connectivity index (χ0) is 14.4. The number of carbonyl (C=O) groups is 2. The van der Waals surface area contributed by atoms with Crippen molar-refractivity contribution < 1.29 is 9.59 Å². The summed E-state index contributed by atoms with van der Waals surface area (Å²) in [6.45, 7) is 0.883. The molecule has 1 unspecified atom stereocenters. The number of fused-ring (bicyclic) bond motifs is 2. The van der Waals surface area contributed by atoms with E-state index in [9.17, 15) is 9.59 Å². The van der Waals surface area contributed by atoms with Crippen LogP contribution in [-0.4, -0.2) is 35.8 Å². The minimum Gasteiger partial charge on any atom is -0.329 e. The summed E-state index contributed by atoms with van der Waals surface area (Å²) in [6, 6.07) is 13.7. The Bertz CT molecular complexity index is 740. The van der Waals surface area contributed by atoms with Crippen LogP contribution in [0.2, 0.25) is 0 Å². The average Bonchev–Trinajstić information content (AvgIpc) is 3.01. The molecule has 0 spiro atoms. The van der Waals surface area contributed by atoms with Crippen LogP contribution in [0.25, 0.3) is 10.8 Å². The molecular weight excluding hydrogens is 264 g/mol. The highest BCUT2D eigenvalue weighted by atomic mass is 16.2. The molecule has 0 radical (unpaired) electrons. The molecule has 21 heavy (non-hydrogen) atoms. The van der Waals surface area contributed by atoms with Crippen molar-refractivity contribution >= 4 is 28.3 Å². The van der Waals surface area contributed by atoms with Gasteiger partial charge in [-0.1, -0.05) is 30.3 Å². The number of benzene rings is 2. The summed E-state index contributed by atoms with van der Waals surface area (Å²) in [5, 5.41) is 2.23. The first-order valence-electron chi connectivity index (χ1n) is 7.34. The van der Waals surface area contributed by atoms with Gasteiger partial charge >= 0.3 is 0 Å². The first kappa shape index (κ1) is 12.4. The monoisotopic (exact) mass is 280 g/mol. The smallest absolute Gasteiger partial charge is 0.250 e. The van der Waals surface area contributed by atoms with Crippen LogP contribution in [-0.2, 0) is 9.59 Å². The Morgan fingerprint density at radius 2 is 1.81 bits per heavy atom. The second-order valence-corrected chi connectivity index (χ2v) is 5.70. The van der Waals surface area contributed by atoms with E-state index in [-0.39, 0.29) is 24.4 Å². The van der Waals surface area contributed by atoms with Crippen molar-refractivity contribution in [1.29, 1.82) is 0 Å². The first-order valence-corrected chi connectivity index (χ1v) is 7.34. The van der Waals surface area contributed by atoms with Crippen LogP contribution in [0.1, 0.15) is 12.8 Å². The molecule has 4 heteroatoms. The molecule has 0 N–H and O–H groups in total. The summed E-state index contributed by atoms with van der Waals surface area (Å²) in [5.41, 5.74) is 0.818. The maximum atomic E-state index is 12.6. The van der Waals surface area contributed by atoms with Gasteiger partial charge in [0.15, 0.2) is 0 Å². The van der Waals surface area contributed by atoms with Crippen LogP contribution in [0.5, 0.6) is 0 Å². The fourth-order valence-electron chi connectivity index (χ4n) is 3.37. The maximum Gasteiger partial charge on any atom is 0.250 e. The molecule has 2 aliphatic heterocycles. The van der Waals surface area contributed by atoms with Crippen LogP contribution in [0.4, 0.5) is 5.69 Å². The quantitative estimate of drug-likeness (QED) is 0.803. The summed E-state index contributed by atoms with van der Waals surface area (Å²) >= 11 is 0. The van der Waals surface area contributed by atoms with E-state index in [0.717, 1.165) is 35.8 Å². The maximum absolute atomic E-state index is 12.6. The second-order valence-electron chi connectivity index (χ2n) is 5.70. The van der Waals surface area contributed by atoms with Gasteiger partial charge in [-0.3, -0.25) is 9.59 Å². The number of hydrogen-bond donors (Lipinski definition) is 0. The van der Waals surface area contributed by atoms with Crippen LogP contribution >= 0.6 is 0 Å². The molecule has 2 aromatic carbocycles. The summed E-state index contributed by atoms with van der Waals surface area (Å²) in [4.78, 5) is 28.2. The molecule has 1 atom stereocenters. The molecule has 0 saturated carbocycles. The van der Waals surface area contributed by atoms with Crippen molar-refractivity contribution in [3.05, 3.63) is 42.5 Å². The molecule has 0 aliphatic carbocycles. The molecule has 4 rings (SSSR count). The normalized spacial score (nSPS) is 22.0. The third-order valence-corrected chi connectivity index (χ3v) is 4.46. The zero-order valence-electron chi connectivity index (χ0n) is 11.7. The van der Waals surface area contributed by atoms with Crippen molar-refractivity contribution in [2.24, 2.45) is 0 Å². The molecule has 106 valence electrons. The fourth-order valence-corrected chi connectivity index (χ4v) is 3.37. The Morgan fingerprint density at radius 1 is 1.00 bits per heavy atom. The minimum atomic E-state index is -0.252. The number of anilines is 1. The van der Waals surface area contributed by atoms with Gasteiger partial charge in [0, 0.05) is 12.2 Å². The average molecular weight is 280 g/mol. The molecule has 4 nitrogen and oxygen atoms in total. The Labute approximate surface area is 122 Å². The molecule has 0 bridgehead atoms. The number of amides is 2. The van der Waals surface area contributed by atoms with Gasteiger partial charge in [-0.05, 0) is 35.7 Å². The first-order chi connectivity index (χ1) is 10.2. The lowest BCUT2D eigenvalue weighted by Crippen LogP contribution is -2.57. The molecule has 2 fully saturated rings. The Morgan fingerprint density at radius 3 is 2.67 bits per heavy atom. The van der Waals surface area contributed by atoms with Gasteiger partial charge in [0.2, 0.25) is 11.8 Å². The molecule has 2 heterocycles. The Hall–Kier alpha value is -2.36. The highest BCUT2D eigenvalue weighted by Crippen LogP contribution is 2.29. The Kier molecular flexibility index (Phi) is 2.70. The number of nitrogens with zero attached hydrogens (tertiary/aromatic N) is 2. The topological polar surface area (TPSA) is 40.6 Å². The molecule has 2 saturated heterocycles. The highest BCUT2D eigenvalue weighted by molar-refractivity contribution is 6.07. The van der Waals surface area contributed by atoms with E-state index in [1.165, 1.54) is 0 Å². The number of hydrogen-bond acceptors (Lipinski definition) is 2. The largest absolute Gasteiger partial charge is 0.329 e. The lowest BCUT2D eigenvalue weighted by molar-refractivity contribution is -0.140. The standard InChI is InChI=1S/C17H16N2O2/c20-16-11-19(17(21)15-6-3-9-18(15)16)14-8-7-12-4-1-2-5-13(12)10-14/h1-2,4-5,7-8,10,15H,3,6,9,11H2. The van der Waals surface area contributed by atoms with Crippen molar-refractivity contribution in [3.63, 3.8) is 0 Å². The van der Waals surface area contributed by atoms with E-state index in [2.05, 4.69) is 0 Å². The lowest BCUT2D eigenvalue weighted by atomic mass is 10.1. The molecule has 2 amide bonds. The van der Waals surface area contributed by atoms with Crippen LogP contribution in [0.3, 0.4) is 0 Å². The number of rotatable bonds is 1. The zero-order valence-corrected chi connectivity index (χ0v) is 11.7. The lowest BCUT2D eigenvalue weighted by Gasteiger charge is -2.36. The molecule has 2 aromatic rings. The number of piperazine rings is 1. The van der Waals surface area contributed by atoms with E-state index in [1.807, 2.05) is 42.5 Å². The van der Waals surface area contributed by atoms with Gasteiger partial charge in [-0.25, -0.2) is 0 Å². The molecule has 2 aliphatic rings. The van der Waals surface area contributed by atoms with Gasteiger partial charge in [0.05, 0.1) is 0 Å².